The Bertz CT molecular complexity index is 381. The fraction of sp³-hybridized carbons (Fsp3) is 0.357. The van der Waals surface area contributed by atoms with Crippen molar-refractivity contribution < 1.29 is 9.53 Å². The smallest absolute Gasteiger partial charge is 0.338 e. The predicted octanol–water partition coefficient (Wildman–Crippen LogP) is 3.20. The second kappa shape index (κ2) is 4.97. The molecule has 0 saturated carbocycles. The average molecular weight is 216 g/mol. The highest BCUT2D eigenvalue weighted by Crippen LogP contribution is 2.21. The first kappa shape index (κ1) is 10.9. The Morgan fingerprint density at radius 3 is 2.75 bits per heavy atom. The van der Waals surface area contributed by atoms with Crippen LogP contribution in [-0.4, -0.2) is 12.1 Å². The summed E-state index contributed by atoms with van der Waals surface area (Å²) in [5.74, 6) is 0.182. The van der Waals surface area contributed by atoms with Crippen molar-refractivity contribution >= 4 is 5.97 Å². The minimum atomic E-state index is -0.232. The van der Waals surface area contributed by atoms with Gasteiger partial charge >= 0.3 is 5.97 Å². The van der Waals surface area contributed by atoms with Crippen LogP contribution in [0, 0.1) is 5.92 Å². The molecule has 2 nitrogen and oxygen atoms in total. The lowest BCUT2D eigenvalue weighted by Crippen LogP contribution is -2.25. The van der Waals surface area contributed by atoms with Crippen LogP contribution < -0.4 is 0 Å². The molecule has 2 atom stereocenters. The molecule has 0 heterocycles. The number of benzene rings is 1. The first-order valence-electron chi connectivity index (χ1n) is 5.70. The number of carbonyl (C=O) groups excluding carboxylic acids is 1. The molecule has 0 bridgehead atoms. The van der Waals surface area contributed by atoms with Gasteiger partial charge in [0.25, 0.3) is 0 Å². The van der Waals surface area contributed by atoms with Crippen molar-refractivity contribution in [2.24, 2.45) is 5.92 Å². The van der Waals surface area contributed by atoms with Crippen LogP contribution in [0.1, 0.15) is 30.1 Å². The molecule has 1 aliphatic carbocycles. The molecule has 2 heteroatoms. The van der Waals surface area contributed by atoms with Crippen molar-refractivity contribution in [3.8, 4) is 0 Å². The summed E-state index contributed by atoms with van der Waals surface area (Å²) < 4.78 is 5.46. The van der Waals surface area contributed by atoms with Crippen LogP contribution in [0.2, 0.25) is 0 Å². The number of hydrogen-bond acceptors (Lipinski definition) is 2. The Kier molecular flexibility index (Phi) is 3.40. The summed E-state index contributed by atoms with van der Waals surface area (Å²) in [6, 6.07) is 9.13. The first-order chi connectivity index (χ1) is 7.77. The topological polar surface area (TPSA) is 26.3 Å². The maximum absolute atomic E-state index is 11.8. The SMILES string of the molecule is C[C@H]1CCC=C[C@@H]1OC(=O)c1ccccc1. The zero-order chi connectivity index (χ0) is 11.4. The summed E-state index contributed by atoms with van der Waals surface area (Å²) in [7, 11) is 0. The van der Waals surface area contributed by atoms with Gasteiger partial charge in [-0.1, -0.05) is 31.2 Å². The van der Waals surface area contributed by atoms with Gasteiger partial charge in [0.2, 0.25) is 0 Å². The maximum Gasteiger partial charge on any atom is 0.338 e. The summed E-state index contributed by atoms with van der Waals surface area (Å²) in [6.07, 6.45) is 6.18. The molecule has 0 radical (unpaired) electrons. The number of rotatable bonds is 2. The molecule has 1 aromatic carbocycles. The molecule has 0 amide bonds. The highest BCUT2D eigenvalue weighted by Gasteiger charge is 2.21. The highest BCUT2D eigenvalue weighted by molar-refractivity contribution is 5.89. The van der Waals surface area contributed by atoms with Crippen LogP contribution in [0.15, 0.2) is 42.5 Å². The Morgan fingerprint density at radius 1 is 1.31 bits per heavy atom. The molecule has 0 fully saturated rings. The van der Waals surface area contributed by atoms with Gasteiger partial charge in [-0.3, -0.25) is 0 Å². The lowest BCUT2D eigenvalue weighted by Gasteiger charge is -2.24. The minimum Gasteiger partial charge on any atom is -0.454 e. The summed E-state index contributed by atoms with van der Waals surface area (Å²) in [5, 5.41) is 0. The van der Waals surface area contributed by atoms with Crippen molar-refractivity contribution in [1.29, 1.82) is 0 Å². The normalized spacial score (nSPS) is 24.1. The lowest BCUT2D eigenvalue weighted by atomic mass is 9.93. The van der Waals surface area contributed by atoms with E-state index in [4.69, 9.17) is 4.74 Å². The molecule has 0 saturated heterocycles. The van der Waals surface area contributed by atoms with Gasteiger partial charge in [-0.2, -0.15) is 0 Å². The van der Waals surface area contributed by atoms with E-state index in [1.165, 1.54) is 0 Å². The minimum absolute atomic E-state index is 0.0681. The third kappa shape index (κ3) is 2.51. The van der Waals surface area contributed by atoms with E-state index in [9.17, 15) is 4.79 Å². The fourth-order valence-corrected chi connectivity index (χ4v) is 1.86. The Morgan fingerprint density at radius 2 is 2.06 bits per heavy atom. The zero-order valence-electron chi connectivity index (χ0n) is 9.43. The van der Waals surface area contributed by atoms with Gasteiger partial charge in [0.15, 0.2) is 0 Å². The first-order valence-corrected chi connectivity index (χ1v) is 5.70. The third-order valence-corrected chi connectivity index (χ3v) is 2.93. The largest absolute Gasteiger partial charge is 0.454 e. The molecular formula is C14H16O2. The van der Waals surface area contributed by atoms with E-state index in [0.717, 1.165) is 12.8 Å². The number of hydrogen-bond donors (Lipinski definition) is 0. The van der Waals surface area contributed by atoms with Crippen LogP contribution in [-0.2, 0) is 4.74 Å². The fourth-order valence-electron chi connectivity index (χ4n) is 1.86. The Balaban J connectivity index is 2.02. The molecule has 0 aliphatic heterocycles. The van der Waals surface area contributed by atoms with Gasteiger partial charge in [-0.05, 0) is 37.0 Å². The van der Waals surface area contributed by atoms with Crippen molar-refractivity contribution in [1.82, 2.24) is 0 Å². The third-order valence-electron chi connectivity index (χ3n) is 2.93. The number of ether oxygens (including phenoxy) is 1. The van der Waals surface area contributed by atoms with Gasteiger partial charge in [0, 0.05) is 0 Å². The molecule has 84 valence electrons. The lowest BCUT2D eigenvalue weighted by molar-refractivity contribution is 0.0271. The molecule has 1 aromatic rings. The van der Waals surface area contributed by atoms with Crippen LogP contribution in [0.3, 0.4) is 0 Å². The van der Waals surface area contributed by atoms with Crippen molar-refractivity contribution in [3.63, 3.8) is 0 Å². The summed E-state index contributed by atoms with van der Waals surface area (Å²) in [6.45, 7) is 2.12. The second-order valence-electron chi connectivity index (χ2n) is 4.22. The second-order valence-corrected chi connectivity index (χ2v) is 4.22. The standard InChI is InChI=1S/C14H16O2/c1-11-7-5-6-10-13(11)16-14(15)12-8-3-2-4-9-12/h2-4,6,8-11,13H,5,7H2,1H3/t11-,13-/m0/s1. The number of esters is 1. The molecular weight excluding hydrogens is 200 g/mol. The van der Waals surface area contributed by atoms with Crippen molar-refractivity contribution in [2.75, 3.05) is 0 Å². The van der Waals surface area contributed by atoms with Gasteiger partial charge in [0.05, 0.1) is 5.56 Å². The van der Waals surface area contributed by atoms with E-state index in [-0.39, 0.29) is 12.1 Å². The van der Waals surface area contributed by atoms with Crippen LogP contribution in [0.25, 0.3) is 0 Å². The number of allylic oxidation sites excluding steroid dienone is 1. The predicted molar refractivity (Wildman–Crippen MR) is 63.2 cm³/mol. The van der Waals surface area contributed by atoms with Crippen LogP contribution in [0.5, 0.6) is 0 Å². The van der Waals surface area contributed by atoms with Gasteiger partial charge in [-0.25, -0.2) is 4.79 Å². The molecule has 1 aliphatic rings. The average Bonchev–Trinajstić information content (AvgIpc) is 2.33. The van der Waals surface area contributed by atoms with E-state index in [1.807, 2.05) is 24.3 Å². The van der Waals surface area contributed by atoms with E-state index in [2.05, 4.69) is 13.0 Å². The summed E-state index contributed by atoms with van der Waals surface area (Å²) in [5.41, 5.74) is 0.619. The Hall–Kier alpha value is -1.57. The summed E-state index contributed by atoms with van der Waals surface area (Å²) in [4.78, 5) is 11.8. The quantitative estimate of drug-likeness (QED) is 0.560. The van der Waals surface area contributed by atoms with Gasteiger partial charge in [0.1, 0.15) is 6.10 Å². The van der Waals surface area contributed by atoms with E-state index < -0.39 is 0 Å². The van der Waals surface area contributed by atoms with Crippen LogP contribution >= 0.6 is 0 Å². The molecule has 0 aromatic heterocycles. The molecule has 0 N–H and O–H groups in total. The molecule has 2 rings (SSSR count). The molecule has 16 heavy (non-hydrogen) atoms. The molecule has 0 unspecified atom stereocenters. The van der Waals surface area contributed by atoms with E-state index in [1.54, 1.807) is 12.1 Å². The van der Waals surface area contributed by atoms with Crippen molar-refractivity contribution in [3.05, 3.63) is 48.0 Å². The van der Waals surface area contributed by atoms with Gasteiger partial charge < -0.3 is 4.74 Å². The van der Waals surface area contributed by atoms with Gasteiger partial charge in [-0.15, -0.1) is 0 Å². The summed E-state index contributed by atoms with van der Waals surface area (Å²) >= 11 is 0. The number of carbonyl (C=O) groups is 1. The monoisotopic (exact) mass is 216 g/mol. The maximum atomic E-state index is 11.8. The molecule has 0 spiro atoms. The van der Waals surface area contributed by atoms with Crippen LogP contribution in [0.4, 0.5) is 0 Å². The highest BCUT2D eigenvalue weighted by atomic mass is 16.5. The van der Waals surface area contributed by atoms with Crippen molar-refractivity contribution in [2.45, 2.75) is 25.9 Å². The van der Waals surface area contributed by atoms with E-state index >= 15 is 0 Å². The van der Waals surface area contributed by atoms with E-state index in [0.29, 0.717) is 11.5 Å². The zero-order valence-corrected chi connectivity index (χ0v) is 9.43. The Labute approximate surface area is 95.9 Å².